The fourth-order valence-electron chi connectivity index (χ4n) is 3.85. The van der Waals surface area contributed by atoms with E-state index in [1.807, 2.05) is 6.07 Å². The van der Waals surface area contributed by atoms with Crippen molar-refractivity contribution in [2.45, 2.75) is 19.4 Å². The van der Waals surface area contributed by atoms with Crippen LogP contribution in [0.5, 0.6) is 11.5 Å². The zero-order valence-electron chi connectivity index (χ0n) is 17.7. The van der Waals surface area contributed by atoms with Gasteiger partial charge in [-0.2, -0.15) is 9.78 Å². The number of aromatic nitrogens is 4. The van der Waals surface area contributed by atoms with Crippen LogP contribution in [0.2, 0.25) is 0 Å². The van der Waals surface area contributed by atoms with E-state index in [0.29, 0.717) is 17.2 Å². The molecule has 5 rings (SSSR count). The molecule has 0 unspecified atom stereocenters. The van der Waals surface area contributed by atoms with Crippen molar-refractivity contribution in [3.63, 3.8) is 0 Å². The van der Waals surface area contributed by atoms with Gasteiger partial charge in [0.1, 0.15) is 35.3 Å². The van der Waals surface area contributed by atoms with Crippen LogP contribution in [0.3, 0.4) is 0 Å². The number of hydrogen-bond acceptors (Lipinski definition) is 5. The van der Waals surface area contributed by atoms with E-state index in [1.54, 1.807) is 36.5 Å². The normalized spacial score (nSPS) is 13.5. The number of nitrogens with zero attached hydrogens (tertiary/aromatic N) is 5. The second-order valence-corrected chi connectivity index (χ2v) is 7.79. The number of benzene rings is 2. The van der Waals surface area contributed by atoms with Gasteiger partial charge >= 0.3 is 5.69 Å². The van der Waals surface area contributed by atoms with Crippen molar-refractivity contribution < 1.29 is 13.5 Å². The zero-order valence-corrected chi connectivity index (χ0v) is 17.7. The predicted molar refractivity (Wildman–Crippen MR) is 119 cm³/mol. The lowest BCUT2D eigenvalue weighted by Crippen LogP contribution is -2.24. The summed E-state index contributed by atoms with van der Waals surface area (Å²) < 4.78 is 36.1. The maximum atomic E-state index is 13.9. The van der Waals surface area contributed by atoms with Crippen molar-refractivity contribution >= 4 is 5.82 Å². The summed E-state index contributed by atoms with van der Waals surface area (Å²) in [5.41, 5.74) is -0.183. The van der Waals surface area contributed by atoms with Gasteiger partial charge < -0.3 is 9.64 Å². The molecule has 7 nitrogen and oxygen atoms in total. The first-order valence-electron chi connectivity index (χ1n) is 10.6. The molecule has 33 heavy (non-hydrogen) atoms. The largest absolute Gasteiger partial charge is 0.457 e. The second kappa shape index (κ2) is 8.85. The molecule has 1 aliphatic heterocycles. The standard InChI is InChI=1S/C24H21F2N5O2/c25-21-4-3-5-22(26)20(21)15-30-16-28-31(24(30)32)17-6-8-18(9-7-17)33-19-10-11-27-23(14-19)29-12-1-2-13-29/h3-11,14,16H,1-2,12-13,15H2. The highest BCUT2D eigenvalue weighted by Crippen LogP contribution is 2.26. The summed E-state index contributed by atoms with van der Waals surface area (Å²) in [6.07, 6.45) is 5.31. The van der Waals surface area contributed by atoms with Gasteiger partial charge in [0.25, 0.3) is 0 Å². The number of anilines is 1. The molecule has 1 fully saturated rings. The van der Waals surface area contributed by atoms with Crippen molar-refractivity contribution in [3.05, 3.63) is 94.8 Å². The molecule has 0 atom stereocenters. The summed E-state index contributed by atoms with van der Waals surface area (Å²) in [7, 11) is 0. The Hall–Kier alpha value is -4.01. The van der Waals surface area contributed by atoms with E-state index in [-0.39, 0.29) is 12.1 Å². The Morgan fingerprint density at radius 3 is 2.39 bits per heavy atom. The lowest BCUT2D eigenvalue weighted by molar-refractivity contribution is 0.481. The summed E-state index contributed by atoms with van der Waals surface area (Å²) in [6, 6.07) is 14.1. The van der Waals surface area contributed by atoms with Crippen LogP contribution in [-0.4, -0.2) is 32.4 Å². The Morgan fingerprint density at radius 1 is 0.939 bits per heavy atom. The van der Waals surface area contributed by atoms with Crippen LogP contribution in [-0.2, 0) is 6.54 Å². The first kappa shape index (κ1) is 20.9. The van der Waals surface area contributed by atoms with Crippen molar-refractivity contribution in [1.29, 1.82) is 0 Å². The van der Waals surface area contributed by atoms with Gasteiger partial charge in [0, 0.05) is 30.9 Å². The molecule has 0 aliphatic carbocycles. The Morgan fingerprint density at radius 2 is 1.67 bits per heavy atom. The highest BCUT2D eigenvalue weighted by molar-refractivity contribution is 5.46. The lowest BCUT2D eigenvalue weighted by Gasteiger charge is -2.17. The first-order chi connectivity index (χ1) is 16.1. The molecule has 0 spiro atoms. The predicted octanol–water partition coefficient (Wildman–Crippen LogP) is 4.15. The minimum atomic E-state index is -0.708. The van der Waals surface area contributed by atoms with Crippen molar-refractivity contribution in [1.82, 2.24) is 19.3 Å². The molecule has 168 valence electrons. The first-order valence-corrected chi connectivity index (χ1v) is 10.6. The van der Waals surface area contributed by atoms with E-state index in [0.717, 1.165) is 35.6 Å². The average molecular weight is 449 g/mol. The highest BCUT2D eigenvalue weighted by Gasteiger charge is 2.15. The molecule has 0 saturated carbocycles. The van der Waals surface area contributed by atoms with Crippen molar-refractivity contribution in [3.8, 4) is 17.2 Å². The summed E-state index contributed by atoms with van der Waals surface area (Å²) in [6.45, 7) is 1.74. The molecule has 2 aromatic carbocycles. The van der Waals surface area contributed by atoms with Gasteiger partial charge in [0.2, 0.25) is 0 Å². The van der Waals surface area contributed by atoms with Crippen molar-refractivity contribution in [2.24, 2.45) is 0 Å². The molecule has 0 radical (unpaired) electrons. The van der Waals surface area contributed by atoms with Crippen LogP contribution >= 0.6 is 0 Å². The molecule has 0 N–H and O–H groups in total. The van der Waals surface area contributed by atoms with E-state index in [4.69, 9.17) is 4.74 Å². The molecule has 2 aromatic heterocycles. The molecule has 1 aliphatic rings. The maximum Gasteiger partial charge on any atom is 0.350 e. The molecular formula is C24H21F2N5O2. The maximum absolute atomic E-state index is 13.9. The quantitative estimate of drug-likeness (QED) is 0.443. The molecule has 9 heteroatoms. The molecule has 1 saturated heterocycles. The number of rotatable bonds is 6. The summed E-state index contributed by atoms with van der Waals surface area (Å²) >= 11 is 0. The Balaban J connectivity index is 1.32. The lowest BCUT2D eigenvalue weighted by atomic mass is 10.2. The van der Waals surface area contributed by atoms with E-state index in [9.17, 15) is 13.6 Å². The number of ether oxygens (including phenoxy) is 1. The minimum absolute atomic E-state index is 0.187. The van der Waals surface area contributed by atoms with Gasteiger partial charge in [-0.05, 0) is 55.3 Å². The molecule has 0 amide bonds. The highest BCUT2D eigenvalue weighted by atomic mass is 19.1. The summed E-state index contributed by atoms with van der Waals surface area (Å²) in [4.78, 5) is 19.4. The smallest absolute Gasteiger partial charge is 0.350 e. The van der Waals surface area contributed by atoms with Gasteiger partial charge in [-0.3, -0.25) is 4.57 Å². The average Bonchev–Trinajstić information content (AvgIpc) is 3.48. The fraction of sp³-hybridized carbons (Fsp3) is 0.208. The van der Waals surface area contributed by atoms with Gasteiger partial charge in [0.05, 0.1) is 12.2 Å². The van der Waals surface area contributed by atoms with Gasteiger partial charge in [-0.1, -0.05) is 6.07 Å². The zero-order chi connectivity index (χ0) is 22.8. The van der Waals surface area contributed by atoms with Crippen molar-refractivity contribution in [2.75, 3.05) is 18.0 Å². The summed E-state index contributed by atoms with van der Waals surface area (Å²) in [5, 5.41) is 4.08. The monoisotopic (exact) mass is 449 g/mol. The van der Waals surface area contributed by atoms with Crippen LogP contribution in [0, 0.1) is 11.6 Å². The Labute approximate surface area is 188 Å². The third-order valence-electron chi connectivity index (χ3n) is 5.59. The minimum Gasteiger partial charge on any atom is -0.457 e. The summed E-state index contributed by atoms with van der Waals surface area (Å²) in [5.74, 6) is 0.747. The van der Waals surface area contributed by atoms with Crippen LogP contribution < -0.4 is 15.3 Å². The third kappa shape index (κ3) is 4.34. The van der Waals surface area contributed by atoms with Crippen LogP contribution in [0.25, 0.3) is 5.69 Å². The third-order valence-corrected chi connectivity index (χ3v) is 5.59. The fourth-order valence-corrected chi connectivity index (χ4v) is 3.85. The van der Waals surface area contributed by atoms with E-state index < -0.39 is 17.3 Å². The SMILES string of the molecule is O=c1n(Cc2c(F)cccc2F)cnn1-c1ccc(Oc2ccnc(N3CCCC3)c2)cc1. The van der Waals surface area contributed by atoms with Crippen LogP contribution in [0.1, 0.15) is 18.4 Å². The van der Waals surface area contributed by atoms with E-state index in [1.165, 1.54) is 29.9 Å². The Bertz CT molecular complexity index is 1310. The molecule has 4 aromatic rings. The molecule has 0 bridgehead atoms. The van der Waals surface area contributed by atoms with Crippen LogP contribution in [0.4, 0.5) is 14.6 Å². The topological polar surface area (TPSA) is 65.2 Å². The second-order valence-electron chi connectivity index (χ2n) is 7.79. The van der Waals surface area contributed by atoms with Crippen LogP contribution in [0.15, 0.2) is 71.9 Å². The Kier molecular flexibility index (Phi) is 5.60. The molecule has 3 heterocycles. The van der Waals surface area contributed by atoms with E-state index in [2.05, 4.69) is 15.0 Å². The molecular weight excluding hydrogens is 428 g/mol. The van der Waals surface area contributed by atoms with Gasteiger partial charge in [-0.25, -0.2) is 18.6 Å². The van der Waals surface area contributed by atoms with Gasteiger partial charge in [-0.15, -0.1) is 0 Å². The van der Waals surface area contributed by atoms with E-state index >= 15 is 0 Å². The number of halogens is 2. The van der Waals surface area contributed by atoms with Gasteiger partial charge in [0.15, 0.2) is 0 Å². The number of hydrogen-bond donors (Lipinski definition) is 0. The number of pyridine rings is 1.